The number of aromatic hydroxyl groups is 1. The van der Waals surface area contributed by atoms with Crippen LogP contribution in [-0.4, -0.2) is 58.0 Å². The fourth-order valence-corrected chi connectivity index (χ4v) is 6.02. The van der Waals surface area contributed by atoms with Crippen LogP contribution in [0.5, 0.6) is 17.2 Å². The summed E-state index contributed by atoms with van der Waals surface area (Å²) in [7, 11) is -4.74. The zero-order chi connectivity index (χ0) is 20.2. The number of carbonyl (C=O) groups excluding carboxylic acids is 1. The van der Waals surface area contributed by atoms with Crippen LogP contribution in [-0.2, 0) is 19.0 Å². The van der Waals surface area contributed by atoms with E-state index in [1.165, 1.54) is 19.9 Å². The Kier molecular flexibility index (Phi) is 4.65. The molecule has 4 N–H and O–H groups in total. The van der Waals surface area contributed by atoms with Gasteiger partial charge in [0.1, 0.15) is 18.3 Å². The number of phosphoric ester groups is 1. The molecule has 3 aliphatic heterocycles. The molecule has 1 aromatic carbocycles. The average molecular weight is 437 g/mol. The number of fused-ring (bicyclic) bond motifs is 6. The Morgan fingerprint density at radius 1 is 1.28 bits per heavy atom. The van der Waals surface area contributed by atoms with Gasteiger partial charge in [0.25, 0.3) is 13.7 Å². The van der Waals surface area contributed by atoms with Crippen molar-refractivity contribution in [2.24, 2.45) is 0 Å². The van der Waals surface area contributed by atoms with E-state index < -0.39 is 54.8 Å². The molecule has 1 amide bonds. The number of hydrogen-bond acceptors (Lipinski definition) is 10. The van der Waals surface area contributed by atoms with Crippen molar-refractivity contribution in [2.45, 2.75) is 49.2 Å². The van der Waals surface area contributed by atoms with Crippen LogP contribution in [0.25, 0.3) is 0 Å². The van der Waals surface area contributed by atoms with Crippen LogP contribution in [0, 0.1) is 0 Å². The van der Waals surface area contributed by atoms with Gasteiger partial charge in [0.15, 0.2) is 11.5 Å². The Bertz CT molecular complexity index is 974. The topological polar surface area (TPSA) is 167 Å². The molecule has 0 aromatic heterocycles. The van der Waals surface area contributed by atoms with Crippen molar-refractivity contribution in [3.05, 3.63) is 17.2 Å². The number of amides is 1. The molecule has 5 rings (SSSR count). The second-order valence-corrected chi connectivity index (χ2v) is 9.04. The summed E-state index contributed by atoms with van der Waals surface area (Å²) in [5.74, 6) is -1.03. The molecular formula is C16H17NNaO10P. The molecule has 11 nitrogen and oxygen atoms in total. The Morgan fingerprint density at radius 2 is 1.97 bits per heavy atom. The molecule has 0 bridgehead atoms. The summed E-state index contributed by atoms with van der Waals surface area (Å²) in [5, 5.41) is 34.8. The maximum Gasteiger partial charge on any atom is 1.00 e. The van der Waals surface area contributed by atoms with Crippen LogP contribution in [0.4, 0.5) is 0 Å². The van der Waals surface area contributed by atoms with Gasteiger partial charge in [-0.3, -0.25) is 9.36 Å². The molecular weight excluding hydrogens is 420 g/mol. The number of phosphoric acid groups is 1. The summed E-state index contributed by atoms with van der Waals surface area (Å²) < 4.78 is 32.3. The van der Waals surface area contributed by atoms with Crippen molar-refractivity contribution >= 4 is 13.7 Å². The Morgan fingerprint density at radius 3 is 2.66 bits per heavy atom. The van der Waals surface area contributed by atoms with E-state index in [9.17, 15) is 29.6 Å². The van der Waals surface area contributed by atoms with Crippen LogP contribution in [0.1, 0.15) is 29.8 Å². The van der Waals surface area contributed by atoms with Crippen molar-refractivity contribution in [1.82, 2.24) is 5.32 Å². The maximum atomic E-state index is 12.9. The number of benzene rings is 1. The molecule has 7 atom stereocenters. The fourth-order valence-electron chi connectivity index (χ4n) is 4.83. The summed E-state index contributed by atoms with van der Waals surface area (Å²) in [6.45, 7) is 2.87. The zero-order valence-electron chi connectivity index (χ0n) is 15.7. The van der Waals surface area contributed by atoms with E-state index in [-0.39, 0.29) is 59.0 Å². The molecule has 1 saturated heterocycles. The van der Waals surface area contributed by atoms with Crippen molar-refractivity contribution in [1.29, 1.82) is 0 Å². The monoisotopic (exact) mass is 437 g/mol. The van der Waals surface area contributed by atoms with E-state index in [1.807, 2.05) is 0 Å². The van der Waals surface area contributed by atoms with E-state index in [0.717, 1.165) is 0 Å². The third kappa shape index (κ3) is 2.48. The summed E-state index contributed by atoms with van der Waals surface area (Å²) in [4.78, 5) is 24.8. The Hall–Kier alpha value is -0.880. The SMILES string of the molecule is C[C@@]12NC(=O)c3c(cc4c(c3O)OCO4)[C@@]1(C)[C@@H](O)[C@H](O)[C@H]1OP(=O)([O-])O[C@H]12.[Na+]. The number of ether oxygens (including phenoxy) is 2. The number of hydrogen-bond donors (Lipinski definition) is 4. The molecule has 1 unspecified atom stereocenters. The first-order valence-corrected chi connectivity index (χ1v) is 10.00. The number of aliphatic hydroxyl groups is 2. The van der Waals surface area contributed by atoms with E-state index in [0.29, 0.717) is 0 Å². The second kappa shape index (κ2) is 6.32. The van der Waals surface area contributed by atoms with Gasteiger partial charge in [0, 0.05) is 5.41 Å². The van der Waals surface area contributed by atoms with Crippen LogP contribution in [0.15, 0.2) is 6.07 Å². The van der Waals surface area contributed by atoms with Gasteiger partial charge >= 0.3 is 29.6 Å². The molecule has 13 heteroatoms. The first kappa shape index (κ1) is 21.4. The van der Waals surface area contributed by atoms with Crippen LogP contribution in [0.3, 0.4) is 0 Å². The smallest absolute Gasteiger partial charge is 0.756 e. The van der Waals surface area contributed by atoms with Crippen molar-refractivity contribution < 1.29 is 77.7 Å². The average Bonchev–Trinajstić information content (AvgIpc) is 3.21. The molecule has 29 heavy (non-hydrogen) atoms. The zero-order valence-corrected chi connectivity index (χ0v) is 18.6. The molecule has 4 aliphatic rings. The number of phenols is 1. The molecule has 2 fully saturated rings. The maximum absolute atomic E-state index is 12.9. The third-order valence-corrected chi connectivity index (χ3v) is 7.48. The quantitative estimate of drug-likeness (QED) is 0.231. The van der Waals surface area contributed by atoms with Gasteiger partial charge in [0.05, 0.1) is 17.2 Å². The third-order valence-electron chi connectivity index (χ3n) is 6.49. The minimum absolute atomic E-state index is 0. The van der Waals surface area contributed by atoms with Gasteiger partial charge in [-0.2, -0.15) is 0 Å². The number of carbonyl (C=O) groups is 1. The predicted octanol–water partition coefficient (Wildman–Crippen LogP) is -4.13. The van der Waals surface area contributed by atoms with Gasteiger partial charge in [-0.25, -0.2) is 0 Å². The number of nitrogens with one attached hydrogen (secondary N) is 1. The normalized spacial score (nSPS) is 44.2. The van der Waals surface area contributed by atoms with Crippen molar-refractivity contribution in [2.75, 3.05) is 6.79 Å². The van der Waals surface area contributed by atoms with E-state index in [1.54, 1.807) is 0 Å². The molecule has 0 spiro atoms. The molecule has 1 saturated carbocycles. The van der Waals surface area contributed by atoms with Gasteiger partial charge in [0.2, 0.25) is 12.5 Å². The summed E-state index contributed by atoms with van der Waals surface area (Å²) in [6, 6.07) is 1.44. The molecule has 1 aliphatic carbocycles. The number of phenolic OH excluding ortho intramolecular Hbond substituents is 1. The van der Waals surface area contributed by atoms with E-state index in [4.69, 9.17) is 18.5 Å². The van der Waals surface area contributed by atoms with E-state index in [2.05, 4.69) is 5.32 Å². The molecule has 1 aromatic rings. The molecule has 3 heterocycles. The van der Waals surface area contributed by atoms with Crippen LogP contribution in [0.2, 0.25) is 0 Å². The summed E-state index contributed by atoms with van der Waals surface area (Å²) in [6.07, 6.45) is -5.91. The predicted molar refractivity (Wildman–Crippen MR) is 86.8 cm³/mol. The summed E-state index contributed by atoms with van der Waals surface area (Å²) >= 11 is 0. The van der Waals surface area contributed by atoms with Gasteiger partial charge < -0.3 is 44.1 Å². The number of aliphatic hydroxyl groups excluding tert-OH is 2. The largest absolute Gasteiger partial charge is 1.00 e. The van der Waals surface area contributed by atoms with Crippen LogP contribution >= 0.6 is 7.82 Å². The van der Waals surface area contributed by atoms with Gasteiger partial charge in [-0.1, -0.05) is 6.92 Å². The molecule has 0 radical (unpaired) electrons. The van der Waals surface area contributed by atoms with Gasteiger partial charge in [-0.15, -0.1) is 0 Å². The standard InChI is InChI=1S/C16H18NO10P.Na/c1-15-5-3-6-10(25-4-24-6)8(18)7(5)14(21)17-16(15,2)13-11(9(19)12(15)20)26-28(22,23)27-13;/h3,9,11-13,18-20H,4H2,1-2H3,(H,17,21)(H,22,23);/q;+1/p-1/t9-,11-,12+,13-,15+,16+;/m1./s1. The fraction of sp³-hybridized carbons (Fsp3) is 0.562. The van der Waals surface area contributed by atoms with Crippen molar-refractivity contribution in [3.63, 3.8) is 0 Å². The van der Waals surface area contributed by atoms with Gasteiger partial charge in [-0.05, 0) is 18.6 Å². The van der Waals surface area contributed by atoms with Crippen LogP contribution < -0.4 is 49.2 Å². The van der Waals surface area contributed by atoms with E-state index >= 15 is 0 Å². The Balaban J connectivity index is 0.00000205. The minimum Gasteiger partial charge on any atom is -0.756 e. The summed E-state index contributed by atoms with van der Waals surface area (Å²) in [5.41, 5.74) is -2.96. The molecule has 152 valence electrons. The Labute approximate surface area is 186 Å². The first-order valence-electron chi connectivity index (χ1n) is 8.54. The first-order chi connectivity index (χ1) is 13.0. The number of rotatable bonds is 0. The second-order valence-electron chi connectivity index (χ2n) is 7.72. The minimum atomic E-state index is -4.74. The van der Waals surface area contributed by atoms with Crippen molar-refractivity contribution in [3.8, 4) is 17.2 Å².